The lowest BCUT2D eigenvalue weighted by molar-refractivity contribution is -0.275. The Morgan fingerprint density at radius 1 is 1.53 bits per heavy atom. The third-order valence-electron chi connectivity index (χ3n) is 1.44. The molecule has 0 amide bonds. The topological polar surface area (TPSA) is 68.1 Å². The van der Waals surface area contributed by atoms with Gasteiger partial charge >= 0.3 is 6.36 Å². The lowest BCUT2D eigenvalue weighted by Gasteiger charge is -2.10. The van der Waals surface area contributed by atoms with Gasteiger partial charge in [0.2, 0.25) is 0 Å². The third-order valence-corrected chi connectivity index (χ3v) is 2.46. The molecule has 0 bridgehead atoms. The number of hydrogen-bond acceptors (Lipinski definition) is 3. The van der Waals surface area contributed by atoms with Gasteiger partial charge in [0.1, 0.15) is 9.32 Å². The Morgan fingerprint density at radius 2 is 2.13 bits per heavy atom. The second-order valence-corrected chi connectivity index (χ2v) is 3.63. The molecule has 0 unspecified atom stereocenters. The molecule has 0 aliphatic carbocycles. The van der Waals surface area contributed by atoms with E-state index in [-0.39, 0.29) is 15.8 Å². The quantitative estimate of drug-likeness (QED) is 0.802. The summed E-state index contributed by atoms with van der Waals surface area (Å²) in [5, 5.41) is 0. The van der Waals surface area contributed by atoms with Crippen molar-refractivity contribution >= 4 is 22.6 Å². The number of H-pyrrole nitrogens is 1. The molecule has 0 saturated carbocycles. The van der Waals surface area contributed by atoms with Crippen LogP contribution in [0.4, 0.5) is 13.2 Å². The molecule has 8 heteroatoms. The minimum absolute atomic E-state index is 0.0691. The minimum Gasteiger partial charge on any atom is -0.404 e. The maximum atomic E-state index is 11.9. The van der Waals surface area contributed by atoms with Crippen LogP contribution in [0.2, 0.25) is 0 Å². The summed E-state index contributed by atoms with van der Waals surface area (Å²) in [6, 6.07) is 1.05. The fourth-order valence-corrected chi connectivity index (χ4v) is 1.28. The lowest BCUT2D eigenvalue weighted by atomic mass is 10.3. The van der Waals surface area contributed by atoms with E-state index in [1.807, 2.05) is 0 Å². The first-order valence-electron chi connectivity index (χ1n) is 3.71. The smallest absolute Gasteiger partial charge is 0.404 e. The number of pyridine rings is 1. The zero-order valence-electron chi connectivity index (χ0n) is 7.19. The van der Waals surface area contributed by atoms with E-state index in [0.717, 1.165) is 6.07 Å². The van der Waals surface area contributed by atoms with E-state index in [1.165, 1.54) is 22.6 Å². The minimum atomic E-state index is -4.82. The van der Waals surface area contributed by atoms with Crippen molar-refractivity contribution in [3.63, 3.8) is 0 Å². The van der Waals surface area contributed by atoms with Crippen molar-refractivity contribution in [3.8, 4) is 5.75 Å². The summed E-state index contributed by atoms with van der Waals surface area (Å²) in [5.74, 6) is -0.535. The van der Waals surface area contributed by atoms with Crippen LogP contribution < -0.4 is 16.0 Å². The van der Waals surface area contributed by atoms with Gasteiger partial charge in [-0.25, -0.2) is 0 Å². The molecule has 0 aliphatic heterocycles. The lowest BCUT2D eigenvalue weighted by Crippen LogP contribution is -2.22. The van der Waals surface area contributed by atoms with Gasteiger partial charge in [0, 0.05) is 18.3 Å². The Bertz CT molecular complexity index is 416. The Kier molecular flexibility index (Phi) is 3.60. The summed E-state index contributed by atoms with van der Waals surface area (Å²) < 4.78 is 39.3. The SMILES string of the molecule is NCc1cc(OC(F)(F)F)c(I)c(=O)[nH]1. The van der Waals surface area contributed by atoms with Crippen LogP contribution in [-0.4, -0.2) is 11.3 Å². The van der Waals surface area contributed by atoms with Crippen molar-refractivity contribution < 1.29 is 17.9 Å². The maximum absolute atomic E-state index is 11.9. The molecule has 1 aromatic rings. The highest BCUT2D eigenvalue weighted by atomic mass is 127. The molecule has 0 radical (unpaired) electrons. The highest BCUT2D eigenvalue weighted by Gasteiger charge is 2.32. The number of halogens is 4. The van der Waals surface area contributed by atoms with Crippen LogP contribution in [0, 0.1) is 3.57 Å². The molecule has 1 aromatic heterocycles. The highest BCUT2D eigenvalue weighted by molar-refractivity contribution is 14.1. The Hall–Kier alpha value is -0.770. The molecular formula is C7H6F3IN2O2. The van der Waals surface area contributed by atoms with Gasteiger partial charge in [-0.2, -0.15) is 0 Å². The number of aromatic nitrogens is 1. The molecule has 3 N–H and O–H groups in total. The second-order valence-electron chi connectivity index (χ2n) is 2.55. The van der Waals surface area contributed by atoms with Gasteiger partial charge in [-0.1, -0.05) is 0 Å². The third kappa shape index (κ3) is 3.38. The zero-order valence-corrected chi connectivity index (χ0v) is 9.35. The first kappa shape index (κ1) is 12.3. The number of nitrogens with one attached hydrogen (secondary N) is 1. The van der Waals surface area contributed by atoms with Crippen molar-refractivity contribution in [2.45, 2.75) is 12.9 Å². The molecule has 4 nitrogen and oxygen atoms in total. The Balaban J connectivity index is 3.17. The predicted octanol–water partition coefficient (Wildman–Crippen LogP) is 1.34. The standard InChI is InChI=1S/C7H6F3IN2O2/c8-7(9,10)15-4-1-3(2-12)13-6(14)5(4)11/h1H,2,12H2,(H,13,14). The van der Waals surface area contributed by atoms with Crippen LogP contribution in [0.1, 0.15) is 5.69 Å². The van der Waals surface area contributed by atoms with E-state index in [4.69, 9.17) is 5.73 Å². The van der Waals surface area contributed by atoms with E-state index in [0.29, 0.717) is 0 Å². The predicted molar refractivity (Wildman–Crippen MR) is 54.4 cm³/mol. The van der Waals surface area contributed by atoms with E-state index in [9.17, 15) is 18.0 Å². The normalized spacial score (nSPS) is 11.5. The molecule has 1 heterocycles. The molecule has 1 rings (SSSR count). The monoisotopic (exact) mass is 334 g/mol. The number of aromatic amines is 1. The van der Waals surface area contributed by atoms with Gasteiger partial charge < -0.3 is 15.5 Å². The average Bonchev–Trinajstić information content (AvgIpc) is 2.10. The number of rotatable bonds is 2. The van der Waals surface area contributed by atoms with Crippen molar-refractivity contribution in [1.29, 1.82) is 0 Å². The molecule has 0 fully saturated rings. The fraction of sp³-hybridized carbons (Fsp3) is 0.286. The van der Waals surface area contributed by atoms with Gasteiger partial charge in [0.25, 0.3) is 5.56 Å². The second kappa shape index (κ2) is 4.39. The van der Waals surface area contributed by atoms with Crippen molar-refractivity contribution in [2.75, 3.05) is 0 Å². The molecule has 0 saturated heterocycles. The van der Waals surface area contributed by atoms with Crippen LogP contribution in [0.5, 0.6) is 5.75 Å². The molecule has 0 aromatic carbocycles. The average molecular weight is 334 g/mol. The van der Waals surface area contributed by atoms with Crippen LogP contribution >= 0.6 is 22.6 Å². The van der Waals surface area contributed by atoms with Crippen LogP contribution in [0.25, 0.3) is 0 Å². The number of alkyl halides is 3. The van der Waals surface area contributed by atoms with E-state index < -0.39 is 17.7 Å². The summed E-state index contributed by atoms with van der Waals surface area (Å²) in [4.78, 5) is 13.5. The van der Waals surface area contributed by atoms with Crippen molar-refractivity contribution in [3.05, 3.63) is 25.7 Å². The van der Waals surface area contributed by atoms with Gasteiger partial charge in [-0.05, 0) is 22.6 Å². The number of nitrogens with two attached hydrogens (primary N) is 1. The molecule has 15 heavy (non-hydrogen) atoms. The van der Waals surface area contributed by atoms with E-state index in [1.54, 1.807) is 0 Å². The van der Waals surface area contributed by atoms with Gasteiger partial charge in [0.15, 0.2) is 0 Å². The van der Waals surface area contributed by atoms with Gasteiger partial charge in [-0.3, -0.25) is 4.79 Å². The number of hydrogen-bond donors (Lipinski definition) is 2. The maximum Gasteiger partial charge on any atom is 0.573 e. The fourth-order valence-electron chi connectivity index (χ4n) is 0.879. The van der Waals surface area contributed by atoms with Crippen LogP contribution in [-0.2, 0) is 6.54 Å². The van der Waals surface area contributed by atoms with E-state index >= 15 is 0 Å². The summed E-state index contributed by atoms with van der Waals surface area (Å²) in [5.41, 5.74) is 4.72. The summed E-state index contributed by atoms with van der Waals surface area (Å²) in [7, 11) is 0. The Labute approximate surface area is 95.8 Å². The highest BCUT2D eigenvalue weighted by Crippen LogP contribution is 2.25. The van der Waals surface area contributed by atoms with Crippen molar-refractivity contribution in [1.82, 2.24) is 4.98 Å². The zero-order chi connectivity index (χ0) is 11.6. The molecular weight excluding hydrogens is 328 g/mol. The summed E-state index contributed by atoms with van der Waals surface area (Å²) in [6.45, 7) is -0.0691. The van der Waals surface area contributed by atoms with E-state index in [2.05, 4.69) is 9.72 Å². The molecule has 0 aliphatic rings. The van der Waals surface area contributed by atoms with Crippen LogP contribution in [0.15, 0.2) is 10.9 Å². The summed E-state index contributed by atoms with van der Waals surface area (Å²) in [6.07, 6.45) is -4.82. The number of ether oxygens (including phenoxy) is 1. The van der Waals surface area contributed by atoms with Gasteiger partial charge in [-0.15, -0.1) is 13.2 Å². The summed E-state index contributed by atoms with van der Waals surface area (Å²) >= 11 is 1.47. The molecule has 84 valence electrons. The Morgan fingerprint density at radius 3 is 2.60 bits per heavy atom. The van der Waals surface area contributed by atoms with Crippen molar-refractivity contribution in [2.24, 2.45) is 5.73 Å². The molecule has 0 spiro atoms. The molecule has 0 atom stereocenters. The first-order valence-corrected chi connectivity index (χ1v) is 4.79. The van der Waals surface area contributed by atoms with Crippen LogP contribution in [0.3, 0.4) is 0 Å². The largest absolute Gasteiger partial charge is 0.573 e. The first-order chi connectivity index (χ1) is 6.83. The van der Waals surface area contributed by atoms with Gasteiger partial charge in [0.05, 0.1) is 0 Å².